The van der Waals surface area contributed by atoms with E-state index >= 15 is 0 Å². The maximum absolute atomic E-state index is 14.4. The van der Waals surface area contributed by atoms with Crippen molar-refractivity contribution in [1.82, 2.24) is 0 Å². The summed E-state index contributed by atoms with van der Waals surface area (Å²) in [4.78, 5) is 26.9. The van der Waals surface area contributed by atoms with Gasteiger partial charge in [0.2, 0.25) is 11.9 Å². The molecule has 5 atom stereocenters. The minimum absolute atomic E-state index is 0.198. The molecule has 0 saturated carbocycles. The fourth-order valence-electron chi connectivity index (χ4n) is 7.19. The zero-order chi connectivity index (χ0) is 27.6. The van der Waals surface area contributed by atoms with Crippen LogP contribution in [0.3, 0.4) is 0 Å². The fourth-order valence-corrected chi connectivity index (χ4v) is 7.19. The van der Waals surface area contributed by atoms with Crippen LogP contribution in [0.25, 0.3) is 0 Å². The highest BCUT2D eigenvalue weighted by molar-refractivity contribution is 5.86. The smallest absolute Gasteiger partial charge is 0.348 e. The molecule has 3 fully saturated rings. The van der Waals surface area contributed by atoms with E-state index in [4.69, 9.17) is 19.9 Å². The number of rotatable bonds is 9. The van der Waals surface area contributed by atoms with Crippen LogP contribution in [0.4, 0.5) is 0 Å². The number of hydrogen-bond acceptors (Lipinski definition) is 7. The second kappa shape index (κ2) is 11.4. The molecule has 0 aliphatic carbocycles. The lowest BCUT2D eigenvalue weighted by atomic mass is 9.85. The molecule has 8 nitrogen and oxygen atoms in total. The van der Waals surface area contributed by atoms with Crippen molar-refractivity contribution < 1.29 is 33.4 Å². The molecule has 0 aromatic heterocycles. The molecule has 2 bridgehead atoms. The van der Waals surface area contributed by atoms with Crippen molar-refractivity contribution in [3.63, 3.8) is 0 Å². The van der Waals surface area contributed by atoms with Gasteiger partial charge in [0.15, 0.2) is 0 Å². The monoisotopic (exact) mass is 537 g/mol. The summed E-state index contributed by atoms with van der Waals surface area (Å²) in [5.74, 6) is -1.34. The van der Waals surface area contributed by atoms with Crippen LogP contribution in [0.1, 0.15) is 63.5 Å². The Labute approximate surface area is 230 Å². The maximum Gasteiger partial charge on any atom is 0.348 e. The number of hydrogen-bond donors (Lipinski definition) is 2. The molecule has 3 saturated heterocycles. The lowest BCUT2D eigenvalue weighted by Crippen LogP contribution is -2.60. The number of esters is 2. The molecule has 210 valence electrons. The summed E-state index contributed by atoms with van der Waals surface area (Å²) in [5, 5.41) is 9.75. The average Bonchev–Trinajstić information content (AvgIpc) is 3.48. The summed E-state index contributed by atoms with van der Waals surface area (Å²) in [5.41, 5.74) is 5.26. The van der Waals surface area contributed by atoms with Gasteiger partial charge in [-0.05, 0) is 25.0 Å². The summed E-state index contributed by atoms with van der Waals surface area (Å²) in [6, 6.07) is 18.2. The number of nitrogens with two attached hydrogens (primary N) is 1. The van der Waals surface area contributed by atoms with Gasteiger partial charge in [0.05, 0.1) is 31.3 Å². The van der Waals surface area contributed by atoms with Crippen molar-refractivity contribution >= 4 is 11.9 Å². The van der Waals surface area contributed by atoms with Crippen molar-refractivity contribution in [2.24, 2.45) is 5.73 Å². The predicted molar refractivity (Wildman–Crippen MR) is 145 cm³/mol. The van der Waals surface area contributed by atoms with Gasteiger partial charge in [-0.3, -0.25) is 4.79 Å². The second-order valence-electron chi connectivity index (χ2n) is 11.4. The summed E-state index contributed by atoms with van der Waals surface area (Å²) in [6.45, 7) is 5.45. The molecule has 3 N–H and O–H groups in total. The molecule has 3 aliphatic rings. The van der Waals surface area contributed by atoms with E-state index in [0.29, 0.717) is 23.2 Å². The normalized spacial score (nSPS) is 26.1. The number of aliphatic hydroxyl groups is 1. The van der Waals surface area contributed by atoms with Crippen molar-refractivity contribution in [2.45, 2.75) is 94.6 Å². The van der Waals surface area contributed by atoms with Crippen LogP contribution in [0.2, 0.25) is 0 Å². The highest BCUT2D eigenvalue weighted by Gasteiger charge is 2.57. The highest BCUT2D eigenvalue weighted by atomic mass is 16.7. The molecule has 5 rings (SSSR count). The number of carbonyl (C=O) groups is 2. The largest absolute Gasteiger partial charge is 0.459 e. The van der Waals surface area contributed by atoms with Gasteiger partial charge in [0, 0.05) is 38.5 Å². The van der Waals surface area contributed by atoms with Gasteiger partial charge >= 0.3 is 11.9 Å². The quantitative estimate of drug-likeness (QED) is 0.287. The molecule has 1 spiro atoms. The van der Waals surface area contributed by atoms with Gasteiger partial charge in [-0.2, -0.15) is 0 Å². The van der Waals surface area contributed by atoms with Gasteiger partial charge < -0.3 is 29.5 Å². The molecular formula is C31H41N2O6+. The van der Waals surface area contributed by atoms with E-state index < -0.39 is 36.0 Å². The lowest BCUT2D eigenvalue weighted by molar-refractivity contribution is -0.956. The zero-order valence-corrected chi connectivity index (χ0v) is 22.9. The van der Waals surface area contributed by atoms with Gasteiger partial charge in [0.25, 0.3) is 0 Å². The molecular weight excluding hydrogens is 496 g/mol. The lowest BCUT2D eigenvalue weighted by Gasteiger charge is -2.47. The molecule has 0 radical (unpaired) electrons. The third-order valence-electron chi connectivity index (χ3n) is 9.09. The van der Waals surface area contributed by atoms with E-state index in [-0.39, 0.29) is 6.10 Å². The number of carbonyl (C=O) groups excluding carboxylic acids is 2. The van der Waals surface area contributed by atoms with Crippen LogP contribution in [0.15, 0.2) is 60.7 Å². The number of piperidine rings is 1. The first-order chi connectivity index (χ1) is 18.8. The minimum atomic E-state index is -1.67. The van der Waals surface area contributed by atoms with Gasteiger partial charge in [-0.1, -0.05) is 60.7 Å². The standard InChI is InChI=1S/C31H41N2O6/c1-21(34)28(32)29(35)37-22(2)39-31(23-11-5-3-6-12-23,24-13-7-4-8-14-24)30(36)38-27-19-25-15-16-26(20-27)33(25)17-9-10-18-33/h3-8,11-14,21-22,25-28,34H,9-10,15-20,32H2,1-2H3/q+1/t21-,22-,25?,26?,27?,28+/m1/s1. The molecule has 2 aromatic carbocycles. The Morgan fingerprint density at radius 3 is 1.92 bits per heavy atom. The molecule has 3 aliphatic heterocycles. The molecule has 2 unspecified atom stereocenters. The fraction of sp³-hybridized carbons (Fsp3) is 0.548. The van der Waals surface area contributed by atoms with Crippen LogP contribution >= 0.6 is 0 Å². The molecule has 0 amide bonds. The first-order valence-electron chi connectivity index (χ1n) is 14.3. The number of benzene rings is 2. The maximum atomic E-state index is 14.4. The molecule has 3 heterocycles. The van der Waals surface area contributed by atoms with Crippen LogP contribution in [0, 0.1) is 0 Å². The van der Waals surface area contributed by atoms with Crippen molar-refractivity contribution in [3.05, 3.63) is 71.8 Å². The number of aliphatic hydroxyl groups excluding tert-OH is 1. The Kier molecular flexibility index (Phi) is 8.10. The third kappa shape index (κ3) is 5.23. The van der Waals surface area contributed by atoms with Crippen molar-refractivity contribution in [1.29, 1.82) is 0 Å². The van der Waals surface area contributed by atoms with E-state index in [2.05, 4.69) is 0 Å². The van der Waals surface area contributed by atoms with Crippen molar-refractivity contribution in [3.8, 4) is 0 Å². The Bertz CT molecular complexity index is 1080. The van der Waals surface area contributed by atoms with Crippen LogP contribution in [-0.2, 0) is 29.4 Å². The number of ether oxygens (including phenoxy) is 3. The average molecular weight is 538 g/mol. The number of quaternary nitrogens is 1. The van der Waals surface area contributed by atoms with E-state index in [1.54, 1.807) is 6.92 Å². The Balaban J connectivity index is 1.45. The summed E-state index contributed by atoms with van der Waals surface area (Å²) in [7, 11) is 0. The number of nitrogens with zero attached hydrogens (tertiary/aromatic N) is 1. The van der Waals surface area contributed by atoms with E-state index in [9.17, 15) is 14.7 Å². The first-order valence-corrected chi connectivity index (χ1v) is 14.3. The summed E-state index contributed by atoms with van der Waals surface area (Å²) >= 11 is 0. The van der Waals surface area contributed by atoms with E-state index in [1.807, 2.05) is 60.7 Å². The Hall–Kier alpha value is -2.78. The van der Waals surface area contributed by atoms with Crippen LogP contribution in [-0.4, -0.2) is 71.2 Å². The third-order valence-corrected chi connectivity index (χ3v) is 9.09. The first kappa shape index (κ1) is 27.8. The SMILES string of the molecule is C[C@H](OC(=O)[C@@H](N)[C@@H](C)O)OC(C(=O)OC1CC2CCC(C1)[N+]21CCCC1)(c1ccccc1)c1ccccc1. The Morgan fingerprint density at radius 2 is 1.44 bits per heavy atom. The van der Waals surface area contributed by atoms with Crippen LogP contribution in [0.5, 0.6) is 0 Å². The van der Waals surface area contributed by atoms with E-state index in [0.717, 1.165) is 12.8 Å². The molecule has 39 heavy (non-hydrogen) atoms. The minimum Gasteiger partial charge on any atom is -0.459 e. The Morgan fingerprint density at radius 1 is 0.923 bits per heavy atom. The van der Waals surface area contributed by atoms with Crippen LogP contribution < -0.4 is 5.73 Å². The molecule has 8 heteroatoms. The zero-order valence-electron chi connectivity index (χ0n) is 22.9. The summed E-state index contributed by atoms with van der Waals surface area (Å²) in [6.07, 6.45) is 4.21. The van der Waals surface area contributed by atoms with Gasteiger partial charge in [-0.25, -0.2) is 4.79 Å². The molecule has 2 aromatic rings. The van der Waals surface area contributed by atoms with Gasteiger partial charge in [-0.15, -0.1) is 0 Å². The summed E-state index contributed by atoms with van der Waals surface area (Å²) < 4.78 is 19.5. The highest BCUT2D eigenvalue weighted by Crippen LogP contribution is 2.47. The van der Waals surface area contributed by atoms with Crippen molar-refractivity contribution in [2.75, 3.05) is 13.1 Å². The van der Waals surface area contributed by atoms with Gasteiger partial charge in [0.1, 0.15) is 12.1 Å². The topological polar surface area (TPSA) is 108 Å². The van der Waals surface area contributed by atoms with E-state index in [1.165, 1.54) is 50.2 Å². The second-order valence-corrected chi connectivity index (χ2v) is 11.4. The predicted octanol–water partition coefficient (Wildman–Crippen LogP) is 3.39.